The van der Waals surface area contributed by atoms with E-state index in [-0.39, 0.29) is 12.7 Å². The second-order valence-electron chi connectivity index (χ2n) is 10.1. The van der Waals surface area contributed by atoms with Gasteiger partial charge in [-0.15, -0.1) is 0 Å². The molecule has 0 aliphatic carbocycles. The first-order valence-corrected chi connectivity index (χ1v) is 12.0. The van der Waals surface area contributed by atoms with Crippen LogP contribution in [-0.4, -0.2) is 49.1 Å². The van der Waals surface area contributed by atoms with E-state index in [4.69, 9.17) is 14.9 Å². The Labute approximate surface area is 194 Å². The van der Waals surface area contributed by atoms with Crippen molar-refractivity contribution in [3.05, 3.63) is 47.5 Å². The van der Waals surface area contributed by atoms with Gasteiger partial charge in [0.15, 0.2) is 17.3 Å². The number of rotatable bonds is 3. The number of amidine groups is 1. The quantitative estimate of drug-likeness (QED) is 0.709. The first kappa shape index (κ1) is 20.7. The average molecular weight is 448 g/mol. The fourth-order valence-electron chi connectivity index (χ4n) is 6.11. The van der Waals surface area contributed by atoms with Crippen molar-refractivity contribution in [2.45, 2.75) is 44.6 Å². The first-order valence-electron chi connectivity index (χ1n) is 12.0. The third-order valence-corrected chi connectivity index (χ3v) is 7.87. The highest BCUT2D eigenvalue weighted by atomic mass is 16.7. The summed E-state index contributed by atoms with van der Waals surface area (Å²) in [5, 5.41) is 10.5. The molecule has 7 nitrogen and oxygen atoms in total. The number of piperidine rings is 1. The summed E-state index contributed by atoms with van der Waals surface area (Å²) in [6, 6.07) is 12.6. The molecule has 33 heavy (non-hydrogen) atoms. The molecule has 7 heteroatoms. The predicted molar refractivity (Wildman–Crippen MR) is 126 cm³/mol. The van der Waals surface area contributed by atoms with Gasteiger partial charge in [0.1, 0.15) is 11.1 Å². The van der Waals surface area contributed by atoms with Crippen LogP contribution in [0.5, 0.6) is 11.5 Å². The molecule has 1 unspecified atom stereocenters. The standard InChI is InChI=1S/C26H30N4O3/c1-16(2)29-9-7-17(8-10-29)14-30-21-6-4-3-5-18(21)26(25(30)31)13-24(27)28-20-12-23-22(11-19(20)26)32-15-33-23/h3-6,11-12,16-17H,7-10,13-15H2,1-2H3,(H2,27,28)/p+1. The molecule has 172 valence electrons. The lowest BCUT2D eigenvalue weighted by atomic mass is 9.70. The van der Waals surface area contributed by atoms with Gasteiger partial charge in [-0.25, -0.2) is 0 Å². The van der Waals surface area contributed by atoms with E-state index >= 15 is 0 Å². The van der Waals surface area contributed by atoms with Crippen LogP contribution in [0.3, 0.4) is 0 Å². The summed E-state index contributed by atoms with van der Waals surface area (Å²) in [5.74, 6) is 2.41. The summed E-state index contributed by atoms with van der Waals surface area (Å²) in [6.45, 7) is 7.60. The number of nitrogens with two attached hydrogens (primary N) is 1. The van der Waals surface area contributed by atoms with Crippen molar-refractivity contribution in [2.24, 2.45) is 5.92 Å². The van der Waals surface area contributed by atoms with Crippen LogP contribution in [0.15, 0.2) is 36.4 Å². The number of para-hydroxylation sites is 1. The lowest BCUT2D eigenvalue weighted by molar-refractivity contribution is -0.452. The number of benzene rings is 2. The second kappa shape index (κ2) is 7.57. The molecule has 0 bridgehead atoms. The number of carbonyl (C=O) groups excluding carboxylic acids is 1. The van der Waals surface area contributed by atoms with Gasteiger partial charge < -0.3 is 19.3 Å². The molecule has 2 aromatic carbocycles. The monoisotopic (exact) mass is 447 g/mol. The van der Waals surface area contributed by atoms with Crippen LogP contribution >= 0.6 is 0 Å². The van der Waals surface area contributed by atoms with Gasteiger partial charge in [-0.2, -0.15) is 0 Å². The van der Waals surface area contributed by atoms with Gasteiger partial charge >= 0.3 is 0 Å². The number of carbonyl (C=O) groups is 1. The van der Waals surface area contributed by atoms with Crippen LogP contribution in [0, 0.1) is 11.3 Å². The van der Waals surface area contributed by atoms with Crippen molar-refractivity contribution < 1.29 is 19.6 Å². The molecule has 1 atom stereocenters. The maximum atomic E-state index is 14.3. The molecule has 6 rings (SSSR count). The lowest BCUT2D eigenvalue weighted by Gasteiger charge is -2.37. The minimum Gasteiger partial charge on any atom is -0.454 e. The van der Waals surface area contributed by atoms with E-state index in [1.165, 1.54) is 0 Å². The predicted octanol–water partition coefficient (Wildman–Crippen LogP) is 2.74. The third kappa shape index (κ3) is 3.09. The molecule has 4 aliphatic heterocycles. The van der Waals surface area contributed by atoms with Crippen molar-refractivity contribution in [2.75, 3.05) is 31.3 Å². The number of nitrogens with one attached hydrogen (secondary N) is 1. The van der Waals surface area contributed by atoms with Crippen molar-refractivity contribution in [3.8, 4) is 11.5 Å². The van der Waals surface area contributed by atoms with Crippen molar-refractivity contribution >= 4 is 23.1 Å². The van der Waals surface area contributed by atoms with Gasteiger partial charge in [-0.1, -0.05) is 18.2 Å². The van der Waals surface area contributed by atoms with Crippen LogP contribution in [0.1, 0.15) is 44.2 Å². The van der Waals surface area contributed by atoms with E-state index in [9.17, 15) is 4.79 Å². The Morgan fingerprint density at radius 1 is 1.12 bits per heavy atom. The Bertz CT molecular complexity index is 1140. The fraction of sp³-hybridized carbons (Fsp3) is 0.462. The maximum absolute atomic E-state index is 14.3. The number of anilines is 1. The smallest absolute Gasteiger partial charge is 0.243 e. The summed E-state index contributed by atoms with van der Waals surface area (Å²) < 4.78 is 11.3. The fourth-order valence-corrected chi connectivity index (χ4v) is 6.11. The van der Waals surface area contributed by atoms with Crippen LogP contribution in [-0.2, 0) is 10.2 Å². The van der Waals surface area contributed by atoms with Gasteiger partial charge in [-0.3, -0.25) is 15.5 Å². The van der Waals surface area contributed by atoms with Crippen molar-refractivity contribution in [3.63, 3.8) is 0 Å². The highest BCUT2D eigenvalue weighted by Crippen LogP contribution is 2.53. The number of ether oxygens (including phenoxy) is 2. The highest BCUT2D eigenvalue weighted by Gasteiger charge is 2.57. The second-order valence-corrected chi connectivity index (χ2v) is 10.1. The molecule has 0 saturated carbocycles. The SMILES string of the molecule is CC(C)N1CCC(CN2C(=O)C3(CC(=N)[NH2+]c4cc5c(cc43)OCO5)c3ccccc32)CC1. The summed E-state index contributed by atoms with van der Waals surface area (Å²) in [4.78, 5) is 18.9. The number of likely N-dealkylation sites (tertiary alicyclic amines) is 1. The van der Waals surface area contributed by atoms with Gasteiger partial charge in [0.05, 0.1) is 6.42 Å². The number of nitrogens with zero attached hydrogens (tertiary/aromatic N) is 2. The van der Waals surface area contributed by atoms with E-state index in [2.05, 4.69) is 30.9 Å². The molecule has 1 spiro atoms. The molecule has 1 amide bonds. The van der Waals surface area contributed by atoms with E-state index in [1.807, 2.05) is 34.5 Å². The van der Waals surface area contributed by atoms with Gasteiger partial charge in [0, 0.05) is 29.9 Å². The molecule has 1 fully saturated rings. The largest absolute Gasteiger partial charge is 0.454 e. The number of hydrogen-bond donors (Lipinski definition) is 2. The van der Waals surface area contributed by atoms with Gasteiger partial charge in [-0.05, 0) is 63.4 Å². The molecule has 2 aromatic rings. The minimum absolute atomic E-state index is 0.0907. The maximum Gasteiger partial charge on any atom is 0.243 e. The van der Waals surface area contributed by atoms with Crippen molar-refractivity contribution in [1.82, 2.24) is 4.90 Å². The Hall–Kier alpha value is -2.90. The van der Waals surface area contributed by atoms with Gasteiger partial charge in [0.2, 0.25) is 12.7 Å². The summed E-state index contributed by atoms with van der Waals surface area (Å²) in [5.41, 5.74) is 2.93. The van der Waals surface area contributed by atoms with E-state index in [0.717, 1.165) is 55.0 Å². The zero-order chi connectivity index (χ0) is 22.7. The number of amides is 1. The molecular weight excluding hydrogens is 416 g/mol. The topological polar surface area (TPSA) is 82.5 Å². The van der Waals surface area contributed by atoms with Crippen LogP contribution in [0.2, 0.25) is 0 Å². The Morgan fingerprint density at radius 3 is 2.61 bits per heavy atom. The molecule has 3 N–H and O–H groups in total. The Morgan fingerprint density at radius 2 is 1.85 bits per heavy atom. The molecule has 4 aliphatic rings. The van der Waals surface area contributed by atoms with E-state index < -0.39 is 5.41 Å². The van der Waals surface area contributed by atoms with Crippen LogP contribution < -0.4 is 19.7 Å². The Balaban J connectivity index is 1.40. The van der Waals surface area contributed by atoms with Crippen molar-refractivity contribution in [1.29, 1.82) is 5.41 Å². The lowest BCUT2D eigenvalue weighted by Crippen LogP contribution is -2.85. The molecular formula is C26H31N4O3+. The van der Waals surface area contributed by atoms with E-state index in [0.29, 0.717) is 35.7 Å². The number of quaternary nitrogens is 1. The molecule has 0 aromatic heterocycles. The number of hydrogen-bond acceptors (Lipinski definition) is 5. The highest BCUT2D eigenvalue weighted by molar-refractivity contribution is 6.13. The Kier molecular flexibility index (Phi) is 4.74. The normalized spacial score (nSPS) is 24.6. The first-order chi connectivity index (χ1) is 16.0. The summed E-state index contributed by atoms with van der Waals surface area (Å²) in [7, 11) is 0. The van der Waals surface area contributed by atoms with Gasteiger partial charge in [0.25, 0.3) is 0 Å². The molecule has 1 saturated heterocycles. The zero-order valence-electron chi connectivity index (χ0n) is 19.3. The summed E-state index contributed by atoms with van der Waals surface area (Å²) in [6.07, 6.45) is 2.59. The summed E-state index contributed by atoms with van der Waals surface area (Å²) >= 11 is 0. The third-order valence-electron chi connectivity index (χ3n) is 7.87. The molecule has 4 heterocycles. The minimum atomic E-state index is -0.878. The molecule has 0 radical (unpaired) electrons. The van der Waals surface area contributed by atoms with Crippen LogP contribution in [0.25, 0.3) is 0 Å². The average Bonchev–Trinajstić information content (AvgIpc) is 3.35. The van der Waals surface area contributed by atoms with Crippen LogP contribution in [0.4, 0.5) is 11.4 Å². The zero-order valence-corrected chi connectivity index (χ0v) is 19.3. The number of fused-ring (bicyclic) bond motifs is 5. The van der Waals surface area contributed by atoms with E-state index in [1.54, 1.807) is 0 Å².